The van der Waals surface area contributed by atoms with Crippen LogP contribution in [0.4, 0.5) is 0 Å². The maximum absolute atomic E-state index is 9.02. The molecule has 0 radical (unpaired) electrons. The summed E-state index contributed by atoms with van der Waals surface area (Å²) >= 11 is 3.83. The van der Waals surface area contributed by atoms with Crippen LogP contribution < -0.4 is 10.6 Å². The molecule has 3 fully saturated rings. The van der Waals surface area contributed by atoms with Crippen LogP contribution in [0.5, 0.6) is 0 Å². The van der Waals surface area contributed by atoms with Crippen LogP contribution in [0.25, 0.3) is 0 Å². The van der Waals surface area contributed by atoms with Crippen LogP contribution in [0.15, 0.2) is 0 Å². The lowest BCUT2D eigenvalue weighted by molar-refractivity contribution is 0.0348. The topological polar surface area (TPSA) is 60.3 Å². The molecule has 5 unspecified atom stereocenters. The van der Waals surface area contributed by atoms with E-state index < -0.39 is 0 Å². The van der Waals surface area contributed by atoms with Crippen LogP contribution in [0.3, 0.4) is 0 Å². The molecular formula is C14H23BrN4O. The van der Waals surface area contributed by atoms with E-state index in [1.165, 1.54) is 12.8 Å². The number of nitrogens with zero attached hydrogens (tertiary/aromatic N) is 2. The Morgan fingerprint density at radius 2 is 2.20 bits per heavy atom. The lowest BCUT2D eigenvalue weighted by Gasteiger charge is -2.46. The molecule has 1 saturated carbocycles. The number of rotatable bonds is 3. The Morgan fingerprint density at radius 1 is 1.40 bits per heavy atom. The highest BCUT2D eigenvalue weighted by molar-refractivity contribution is 9.09. The molecular weight excluding hydrogens is 320 g/mol. The van der Waals surface area contributed by atoms with Crippen LogP contribution >= 0.6 is 15.9 Å². The summed E-state index contributed by atoms with van der Waals surface area (Å²) in [5.74, 6) is 0.427. The van der Waals surface area contributed by atoms with Crippen molar-refractivity contribution in [1.82, 2.24) is 15.5 Å². The van der Waals surface area contributed by atoms with E-state index in [0.29, 0.717) is 22.8 Å². The lowest BCUT2D eigenvalue weighted by Crippen LogP contribution is -2.66. The number of ether oxygens (including phenoxy) is 1. The van der Waals surface area contributed by atoms with Crippen molar-refractivity contribution >= 4 is 15.9 Å². The number of piperidine rings is 1. The van der Waals surface area contributed by atoms with Gasteiger partial charge in [0.15, 0.2) is 0 Å². The normalized spacial score (nSPS) is 47.6. The molecule has 20 heavy (non-hydrogen) atoms. The van der Waals surface area contributed by atoms with Crippen molar-refractivity contribution in [2.75, 3.05) is 20.6 Å². The molecule has 6 heteroatoms. The second kappa shape index (κ2) is 5.90. The number of nitrogens with one attached hydrogen (secondary N) is 2. The fraction of sp³-hybridized carbons (Fsp3) is 0.929. The molecule has 112 valence electrons. The van der Waals surface area contributed by atoms with Crippen molar-refractivity contribution in [1.29, 1.82) is 5.26 Å². The van der Waals surface area contributed by atoms with Crippen LogP contribution in [0.1, 0.15) is 19.3 Å². The molecule has 7 atom stereocenters. The molecule has 3 rings (SSSR count). The van der Waals surface area contributed by atoms with Gasteiger partial charge in [0.25, 0.3) is 0 Å². The van der Waals surface area contributed by atoms with Gasteiger partial charge in [-0.3, -0.25) is 10.6 Å². The van der Waals surface area contributed by atoms with Crippen LogP contribution in [-0.2, 0) is 4.74 Å². The van der Waals surface area contributed by atoms with Gasteiger partial charge < -0.3 is 9.64 Å². The van der Waals surface area contributed by atoms with Gasteiger partial charge in [-0.05, 0) is 33.4 Å². The zero-order valence-electron chi connectivity index (χ0n) is 12.1. The molecule has 0 aromatic carbocycles. The first-order chi connectivity index (χ1) is 9.60. The molecule has 0 spiro atoms. The monoisotopic (exact) mass is 342 g/mol. The molecule has 2 saturated heterocycles. The Kier molecular flexibility index (Phi) is 4.34. The largest absolute Gasteiger partial charge is 0.358 e. The zero-order chi connectivity index (χ0) is 14.3. The highest BCUT2D eigenvalue weighted by Gasteiger charge is 2.46. The summed E-state index contributed by atoms with van der Waals surface area (Å²) in [6, 6.07) is 3.45. The van der Waals surface area contributed by atoms with E-state index in [1.807, 2.05) is 0 Å². The summed E-state index contributed by atoms with van der Waals surface area (Å²) in [6.45, 7) is 0.835. The quantitative estimate of drug-likeness (QED) is 0.738. The predicted molar refractivity (Wildman–Crippen MR) is 80.5 cm³/mol. The Hall–Kier alpha value is -0.190. The van der Waals surface area contributed by atoms with Crippen molar-refractivity contribution in [2.24, 2.45) is 5.92 Å². The van der Waals surface area contributed by atoms with Gasteiger partial charge in [-0.2, -0.15) is 5.26 Å². The van der Waals surface area contributed by atoms with Gasteiger partial charge in [0, 0.05) is 29.4 Å². The van der Waals surface area contributed by atoms with Gasteiger partial charge >= 0.3 is 0 Å². The third kappa shape index (κ3) is 2.62. The van der Waals surface area contributed by atoms with E-state index in [4.69, 9.17) is 10.00 Å². The third-order valence-corrected chi connectivity index (χ3v) is 6.22. The number of hydrogen-bond acceptors (Lipinski definition) is 5. The zero-order valence-corrected chi connectivity index (χ0v) is 13.6. The van der Waals surface area contributed by atoms with Crippen molar-refractivity contribution < 1.29 is 4.74 Å². The van der Waals surface area contributed by atoms with E-state index in [2.05, 4.69) is 51.6 Å². The van der Waals surface area contributed by atoms with E-state index in [-0.39, 0.29) is 18.4 Å². The minimum atomic E-state index is -0.233. The molecule has 2 aliphatic heterocycles. The summed E-state index contributed by atoms with van der Waals surface area (Å²) in [4.78, 5) is 2.63. The van der Waals surface area contributed by atoms with Crippen molar-refractivity contribution in [2.45, 2.75) is 54.5 Å². The summed E-state index contributed by atoms with van der Waals surface area (Å²) in [7, 11) is 4.30. The van der Waals surface area contributed by atoms with Gasteiger partial charge in [0.2, 0.25) is 0 Å². The Labute approximate surface area is 129 Å². The molecule has 5 nitrogen and oxygen atoms in total. The third-order valence-electron chi connectivity index (χ3n) is 5.01. The van der Waals surface area contributed by atoms with E-state index in [9.17, 15) is 0 Å². The molecule has 0 aromatic rings. The fourth-order valence-electron chi connectivity index (χ4n) is 3.66. The average molecular weight is 343 g/mol. The number of halogens is 1. The minimum Gasteiger partial charge on any atom is -0.358 e. The van der Waals surface area contributed by atoms with E-state index >= 15 is 0 Å². The maximum atomic E-state index is 9.02. The molecule has 1 aliphatic carbocycles. The van der Waals surface area contributed by atoms with Crippen molar-refractivity contribution in [3.63, 3.8) is 0 Å². The minimum absolute atomic E-state index is 0.174. The Balaban J connectivity index is 1.58. The van der Waals surface area contributed by atoms with Gasteiger partial charge in [0.05, 0.1) is 18.3 Å². The number of alkyl halides is 1. The second-order valence-corrected chi connectivity index (χ2v) is 7.46. The summed E-state index contributed by atoms with van der Waals surface area (Å²) in [5, 5.41) is 16.3. The summed E-state index contributed by atoms with van der Waals surface area (Å²) < 4.78 is 5.75. The average Bonchev–Trinajstić information content (AvgIpc) is 2.80. The van der Waals surface area contributed by atoms with Crippen LogP contribution in [0.2, 0.25) is 0 Å². The Morgan fingerprint density at radius 3 is 2.80 bits per heavy atom. The number of fused-ring (bicyclic) bond motifs is 1. The SMILES string of the molecule is CN(C)[C@@H]1CC[C@@H]1NC1NCC2OC(C#N)CC2C1Br. The smallest absolute Gasteiger partial charge is 0.144 e. The van der Waals surface area contributed by atoms with E-state index in [1.54, 1.807) is 0 Å². The first-order valence-corrected chi connectivity index (χ1v) is 8.36. The fourth-order valence-corrected chi connectivity index (χ4v) is 4.56. The molecule has 2 N–H and O–H groups in total. The van der Waals surface area contributed by atoms with Gasteiger partial charge in [0.1, 0.15) is 6.10 Å². The van der Waals surface area contributed by atoms with Crippen molar-refractivity contribution in [3.05, 3.63) is 0 Å². The molecule has 3 aliphatic rings. The highest BCUT2D eigenvalue weighted by atomic mass is 79.9. The number of likely N-dealkylation sites (N-methyl/N-ethyl adjacent to an activating group) is 1. The maximum Gasteiger partial charge on any atom is 0.144 e. The predicted octanol–water partition coefficient (Wildman–Crippen LogP) is 0.659. The van der Waals surface area contributed by atoms with Gasteiger partial charge in [-0.25, -0.2) is 0 Å². The molecule has 0 aromatic heterocycles. The lowest BCUT2D eigenvalue weighted by atomic mass is 9.84. The summed E-state index contributed by atoms with van der Waals surface area (Å²) in [5.41, 5.74) is 0. The van der Waals surface area contributed by atoms with Gasteiger partial charge in [-0.15, -0.1) is 0 Å². The molecule has 0 bridgehead atoms. The van der Waals surface area contributed by atoms with Crippen molar-refractivity contribution in [3.8, 4) is 6.07 Å². The van der Waals surface area contributed by atoms with E-state index in [0.717, 1.165) is 13.0 Å². The van der Waals surface area contributed by atoms with Crippen LogP contribution in [0, 0.1) is 17.2 Å². The number of hydrogen-bond donors (Lipinski definition) is 2. The molecule has 0 amide bonds. The summed E-state index contributed by atoms with van der Waals surface area (Å²) in [6.07, 6.45) is 3.57. The van der Waals surface area contributed by atoms with Gasteiger partial charge in [-0.1, -0.05) is 15.9 Å². The standard InChI is InChI=1S/C14H23BrN4O/c1-19(2)11-4-3-10(11)18-14-13(15)9-5-8(6-16)20-12(9)7-17-14/h8-14,17-18H,3-5,7H2,1-2H3/t8?,9?,10-,11+,12?,13?,14?/m0/s1. The first kappa shape index (κ1) is 14.7. The first-order valence-electron chi connectivity index (χ1n) is 7.45. The highest BCUT2D eigenvalue weighted by Crippen LogP contribution is 2.36. The van der Waals surface area contributed by atoms with Crippen LogP contribution in [-0.4, -0.2) is 60.8 Å². The molecule has 2 heterocycles. The Bertz CT molecular complexity index is 399. The number of nitriles is 1. The second-order valence-electron chi connectivity index (χ2n) is 6.40.